The van der Waals surface area contributed by atoms with E-state index >= 15 is 0 Å². The first-order chi connectivity index (χ1) is 15.6. The number of imidazole rings is 1. The second kappa shape index (κ2) is 8.30. The predicted octanol–water partition coefficient (Wildman–Crippen LogP) is 4.71. The Bertz CT molecular complexity index is 1310. The highest BCUT2D eigenvalue weighted by molar-refractivity contribution is 6.06. The zero-order chi connectivity index (χ0) is 22.1. The minimum atomic E-state index is -0.187. The van der Waals surface area contributed by atoms with Gasteiger partial charge in [-0.25, -0.2) is 4.98 Å². The van der Waals surface area contributed by atoms with Gasteiger partial charge in [0.25, 0.3) is 5.91 Å². The van der Waals surface area contributed by atoms with E-state index in [2.05, 4.69) is 14.9 Å². The molecule has 1 N–H and O–H groups in total. The first kappa shape index (κ1) is 20.0. The summed E-state index contributed by atoms with van der Waals surface area (Å²) >= 11 is 0. The van der Waals surface area contributed by atoms with Crippen LogP contribution in [0.3, 0.4) is 0 Å². The van der Waals surface area contributed by atoms with Gasteiger partial charge in [0, 0.05) is 36.4 Å². The number of benzene rings is 3. The molecule has 1 saturated heterocycles. The number of amides is 2. The number of aromatic nitrogens is 2. The second-order valence-corrected chi connectivity index (χ2v) is 8.11. The third kappa shape index (κ3) is 3.87. The lowest BCUT2D eigenvalue weighted by Crippen LogP contribution is -2.23. The monoisotopic (exact) mass is 424 g/mol. The number of para-hydroxylation sites is 1. The Morgan fingerprint density at radius 3 is 2.66 bits per heavy atom. The molecule has 1 aliphatic heterocycles. The van der Waals surface area contributed by atoms with Crippen molar-refractivity contribution in [2.24, 2.45) is 0 Å². The highest BCUT2D eigenvalue weighted by Gasteiger charge is 2.20. The molecule has 6 nitrogen and oxygen atoms in total. The zero-order valence-electron chi connectivity index (χ0n) is 17.9. The summed E-state index contributed by atoms with van der Waals surface area (Å²) in [5.74, 6) is 0.874. The molecule has 4 aromatic rings. The maximum atomic E-state index is 12.9. The molecule has 0 saturated carbocycles. The number of nitrogens with one attached hydrogen (secondary N) is 1. The Morgan fingerprint density at radius 2 is 1.88 bits per heavy atom. The number of likely N-dealkylation sites (tertiary alicyclic amines) is 1. The smallest absolute Gasteiger partial charge is 0.255 e. The molecule has 1 aromatic heterocycles. The molecule has 2 heterocycles. The first-order valence-corrected chi connectivity index (χ1v) is 10.8. The maximum absolute atomic E-state index is 12.9. The fraction of sp³-hybridized carbons (Fsp3) is 0.192. The van der Waals surface area contributed by atoms with E-state index < -0.39 is 0 Å². The molecular weight excluding hydrogens is 400 g/mol. The van der Waals surface area contributed by atoms with E-state index in [4.69, 9.17) is 0 Å². The topological polar surface area (TPSA) is 67.2 Å². The van der Waals surface area contributed by atoms with Crippen molar-refractivity contribution in [2.45, 2.75) is 26.3 Å². The van der Waals surface area contributed by atoms with Crippen LogP contribution in [0.15, 0.2) is 72.8 Å². The van der Waals surface area contributed by atoms with Crippen LogP contribution in [0.5, 0.6) is 0 Å². The Labute approximate surface area is 186 Å². The summed E-state index contributed by atoms with van der Waals surface area (Å²) in [4.78, 5) is 31.3. The van der Waals surface area contributed by atoms with Crippen LogP contribution in [-0.4, -0.2) is 32.8 Å². The van der Waals surface area contributed by atoms with Crippen molar-refractivity contribution >= 4 is 28.5 Å². The van der Waals surface area contributed by atoms with Gasteiger partial charge in [-0.15, -0.1) is 0 Å². The van der Waals surface area contributed by atoms with Crippen LogP contribution in [0.25, 0.3) is 16.7 Å². The average molecular weight is 425 g/mol. The highest BCUT2D eigenvalue weighted by Crippen LogP contribution is 2.23. The Kier molecular flexibility index (Phi) is 5.19. The summed E-state index contributed by atoms with van der Waals surface area (Å²) in [6, 6.07) is 23.3. The molecule has 0 aliphatic carbocycles. The number of rotatable bonds is 5. The number of carbonyl (C=O) groups is 2. The van der Waals surface area contributed by atoms with Crippen molar-refractivity contribution in [3.63, 3.8) is 0 Å². The molecule has 2 amide bonds. The molecule has 6 heteroatoms. The van der Waals surface area contributed by atoms with Gasteiger partial charge in [0.15, 0.2) is 0 Å². The third-order valence-corrected chi connectivity index (χ3v) is 5.83. The quantitative estimate of drug-likeness (QED) is 0.505. The molecule has 3 aromatic carbocycles. The predicted molar refractivity (Wildman–Crippen MR) is 125 cm³/mol. The minimum absolute atomic E-state index is 0.187. The molecule has 0 atom stereocenters. The normalized spacial score (nSPS) is 13.7. The van der Waals surface area contributed by atoms with Gasteiger partial charge in [-0.2, -0.15) is 0 Å². The van der Waals surface area contributed by atoms with Crippen LogP contribution in [-0.2, 0) is 11.3 Å². The Morgan fingerprint density at radius 1 is 1.03 bits per heavy atom. The molecule has 0 bridgehead atoms. The summed E-state index contributed by atoms with van der Waals surface area (Å²) in [5.41, 5.74) is 5.05. The molecule has 160 valence electrons. The highest BCUT2D eigenvalue weighted by atomic mass is 16.2. The SMILES string of the molecule is Cc1nc2cc(C(=O)Nc3cccc(CN4CCCC4=O)c3)ccc2n1-c1ccccc1. The fourth-order valence-corrected chi connectivity index (χ4v) is 4.29. The summed E-state index contributed by atoms with van der Waals surface area (Å²) < 4.78 is 2.08. The lowest BCUT2D eigenvalue weighted by atomic mass is 10.1. The Hall–Kier alpha value is -3.93. The van der Waals surface area contributed by atoms with Crippen LogP contribution in [0.4, 0.5) is 5.69 Å². The molecule has 5 rings (SSSR count). The molecule has 1 aliphatic rings. The van der Waals surface area contributed by atoms with E-state index in [-0.39, 0.29) is 11.8 Å². The van der Waals surface area contributed by atoms with Gasteiger partial charge in [-0.3, -0.25) is 14.2 Å². The van der Waals surface area contributed by atoms with Crippen molar-refractivity contribution < 1.29 is 9.59 Å². The van der Waals surface area contributed by atoms with Gasteiger partial charge in [0.05, 0.1) is 11.0 Å². The van der Waals surface area contributed by atoms with E-state index in [1.807, 2.05) is 84.6 Å². The standard InChI is InChI=1S/C26H24N4O2/c1-18-27-23-16-20(12-13-24(23)30(18)22-9-3-2-4-10-22)26(32)28-21-8-5-7-19(15-21)17-29-14-6-11-25(29)31/h2-5,7-10,12-13,15-16H,6,11,14,17H2,1H3,(H,28,32). The van der Waals surface area contributed by atoms with Crippen molar-refractivity contribution in [3.05, 3.63) is 89.7 Å². The molecule has 0 radical (unpaired) electrons. The number of aryl methyl sites for hydroxylation is 1. The van der Waals surface area contributed by atoms with Crippen molar-refractivity contribution in [1.82, 2.24) is 14.5 Å². The van der Waals surface area contributed by atoms with Crippen molar-refractivity contribution in [2.75, 3.05) is 11.9 Å². The third-order valence-electron chi connectivity index (χ3n) is 5.83. The van der Waals surface area contributed by atoms with Gasteiger partial charge in [0.2, 0.25) is 5.91 Å². The van der Waals surface area contributed by atoms with Gasteiger partial charge >= 0.3 is 0 Å². The summed E-state index contributed by atoms with van der Waals surface area (Å²) in [5, 5.41) is 2.98. The first-order valence-electron chi connectivity index (χ1n) is 10.8. The number of carbonyl (C=O) groups excluding carboxylic acids is 2. The number of hydrogen-bond donors (Lipinski definition) is 1. The van der Waals surface area contributed by atoms with Gasteiger partial charge < -0.3 is 10.2 Å². The Balaban J connectivity index is 1.36. The van der Waals surface area contributed by atoms with Crippen molar-refractivity contribution in [3.8, 4) is 5.69 Å². The van der Waals surface area contributed by atoms with E-state index in [1.165, 1.54) is 0 Å². The van der Waals surface area contributed by atoms with Crippen LogP contribution < -0.4 is 5.32 Å². The lowest BCUT2D eigenvalue weighted by molar-refractivity contribution is -0.128. The largest absolute Gasteiger partial charge is 0.338 e. The number of fused-ring (bicyclic) bond motifs is 1. The van der Waals surface area contributed by atoms with E-state index in [1.54, 1.807) is 0 Å². The fourth-order valence-electron chi connectivity index (χ4n) is 4.29. The summed E-state index contributed by atoms with van der Waals surface area (Å²) in [6.07, 6.45) is 1.54. The van der Waals surface area contributed by atoms with Crippen molar-refractivity contribution in [1.29, 1.82) is 0 Å². The average Bonchev–Trinajstić information content (AvgIpc) is 3.35. The van der Waals surface area contributed by atoms with Gasteiger partial charge in [-0.1, -0.05) is 30.3 Å². The van der Waals surface area contributed by atoms with Crippen LogP contribution in [0.2, 0.25) is 0 Å². The number of nitrogens with zero attached hydrogens (tertiary/aromatic N) is 3. The minimum Gasteiger partial charge on any atom is -0.338 e. The molecule has 0 spiro atoms. The zero-order valence-corrected chi connectivity index (χ0v) is 17.9. The van der Waals surface area contributed by atoms with Gasteiger partial charge in [0.1, 0.15) is 5.82 Å². The van der Waals surface area contributed by atoms with Crippen LogP contribution in [0, 0.1) is 6.92 Å². The van der Waals surface area contributed by atoms with E-state index in [0.717, 1.165) is 41.1 Å². The second-order valence-electron chi connectivity index (χ2n) is 8.11. The lowest BCUT2D eigenvalue weighted by Gasteiger charge is -2.16. The molecule has 0 unspecified atom stereocenters. The number of anilines is 1. The number of hydrogen-bond acceptors (Lipinski definition) is 3. The van der Waals surface area contributed by atoms with Crippen LogP contribution >= 0.6 is 0 Å². The van der Waals surface area contributed by atoms with Gasteiger partial charge in [-0.05, 0) is 61.4 Å². The molecular formula is C26H24N4O2. The summed E-state index contributed by atoms with van der Waals surface area (Å²) in [6.45, 7) is 3.33. The summed E-state index contributed by atoms with van der Waals surface area (Å²) in [7, 11) is 0. The maximum Gasteiger partial charge on any atom is 0.255 e. The van der Waals surface area contributed by atoms with E-state index in [0.29, 0.717) is 24.2 Å². The molecule has 1 fully saturated rings. The molecule has 32 heavy (non-hydrogen) atoms. The van der Waals surface area contributed by atoms with E-state index in [9.17, 15) is 9.59 Å². The van der Waals surface area contributed by atoms with Crippen LogP contribution in [0.1, 0.15) is 34.6 Å².